The smallest absolute Gasteiger partial charge is 0.137 e. The zero-order valence-electron chi connectivity index (χ0n) is 32.0. The molecule has 0 aliphatic carbocycles. The summed E-state index contributed by atoms with van der Waals surface area (Å²) in [4.78, 5) is 10.7. The highest BCUT2D eigenvalue weighted by atomic mass is 15.0. The number of nitrogens with zero attached hydrogens (tertiary/aromatic N) is 3. The van der Waals surface area contributed by atoms with Crippen LogP contribution in [0.3, 0.4) is 0 Å². The Kier molecular flexibility index (Phi) is 7.54. The summed E-state index contributed by atoms with van der Waals surface area (Å²) in [5.74, 6) is 0. The summed E-state index contributed by atoms with van der Waals surface area (Å²) in [5, 5.41) is 12.2. The molecule has 12 rings (SSSR count). The molecule has 0 radical (unpaired) electrons. The van der Waals surface area contributed by atoms with Gasteiger partial charge in [0.05, 0.1) is 22.8 Å². The van der Waals surface area contributed by atoms with Gasteiger partial charge in [0.1, 0.15) is 5.65 Å². The first-order chi connectivity index (χ1) is 29.2. The lowest BCUT2D eigenvalue weighted by atomic mass is 9.90. The molecule has 0 atom stereocenters. The Morgan fingerprint density at radius 2 is 0.831 bits per heavy atom. The molecule has 0 fully saturated rings. The van der Waals surface area contributed by atoms with E-state index in [0.717, 1.165) is 56.2 Å². The van der Waals surface area contributed by atoms with Crippen molar-refractivity contribution in [2.75, 3.05) is 0 Å². The third kappa shape index (κ3) is 5.51. The molecular formula is C56H35N3. The van der Waals surface area contributed by atoms with Gasteiger partial charge in [0.2, 0.25) is 0 Å². The van der Waals surface area contributed by atoms with Crippen LogP contribution in [-0.4, -0.2) is 14.4 Å². The van der Waals surface area contributed by atoms with Gasteiger partial charge in [-0.15, -0.1) is 0 Å². The van der Waals surface area contributed by atoms with E-state index in [4.69, 9.17) is 9.97 Å². The van der Waals surface area contributed by atoms with Crippen LogP contribution in [0.1, 0.15) is 0 Å². The first kappa shape index (κ1) is 33.3. The Labute approximate surface area is 341 Å². The summed E-state index contributed by atoms with van der Waals surface area (Å²) < 4.78 is 2.20. The van der Waals surface area contributed by atoms with Gasteiger partial charge in [-0.2, -0.15) is 0 Å². The zero-order chi connectivity index (χ0) is 38.9. The molecule has 3 nitrogen and oxygen atoms in total. The molecule has 0 saturated carbocycles. The average Bonchev–Trinajstić information content (AvgIpc) is 3.70. The van der Waals surface area contributed by atoms with Crippen molar-refractivity contribution in [1.82, 2.24) is 14.4 Å². The van der Waals surface area contributed by atoms with Crippen molar-refractivity contribution in [3.05, 3.63) is 212 Å². The van der Waals surface area contributed by atoms with Gasteiger partial charge in [0.15, 0.2) is 0 Å². The summed E-state index contributed by atoms with van der Waals surface area (Å²) in [5.41, 5.74) is 11.5. The van der Waals surface area contributed by atoms with Gasteiger partial charge in [-0.3, -0.25) is 4.40 Å². The third-order valence-electron chi connectivity index (χ3n) is 12.0. The molecule has 9 aromatic carbocycles. The van der Waals surface area contributed by atoms with Crippen LogP contribution in [0.5, 0.6) is 0 Å². The van der Waals surface area contributed by atoms with Crippen molar-refractivity contribution >= 4 is 59.5 Å². The molecule has 0 aliphatic rings. The standard InChI is InChI=1S/C56H35N3/c1-2-14-39-31-42(29-24-36(39)13-1)55-56(59-30-12-11-23-54(59)58-55)38-27-25-37(26-28-38)52-34-43(50-32-40-15-3-5-17-44(40)46-19-7-9-21-48(46)50)35-53(57-52)51-33-41-16-4-6-18-45(41)47-20-8-10-22-49(47)51/h1-35H. The molecule has 0 aliphatic heterocycles. The van der Waals surface area contributed by atoms with Crippen molar-refractivity contribution in [3.63, 3.8) is 0 Å². The molecule has 0 spiro atoms. The highest BCUT2D eigenvalue weighted by molar-refractivity contribution is 6.15. The van der Waals surface area contributed by atoms with Gasteiger partial charge in [0, 0.05) is 28.5 Å². The monoisotopic (exact) mass is 749 g/mol. The quantitative estimate of drug-likeness (QED) is 0.164. The molecule has 0 saturated heterocycles. The second-order valence-electron chi connectivity index (χ2n) is 15.4. The Hall–Kier alpha value is -7.88. The number of hydrogen-bond donors (Lipinski definition) is 0. The van der Waals surface area contributed by atoms with Crippen molar-refractivity contribution in [2.24, 2.45) is 0 Å². The first-order valence-corrected chi connectivity index (χ1v) is 20.1. The van der Waals surface area contributed by atoms with Crippen LogP contribution in [0.2, 0.25) is 0 Å². The summed E-state index contributed by atoms with van der Waals surface area (Å²) in [6.45, 7) is 0. The molecule has 3 aromatic heterocycles. The fourth-order valence-corrected chi connectivity index (χ4v) is 9.14. The lowest BCUT2D eigenvalue weighted by Crippen LogP contribution is -1.94. The van der Waals surface area contributed by atoms with Crippen LogP contribution in [0, 0.1) is 0 Å². The number of rotatable bonds is 5. The lowest BCUT2D eigenvalue weighted by Gasteiger charge is -2.16. The molecule has 0 unspecified atom stereocenters. The third-order valence-corrected chi connectivity index (χ3v) is 12.0. The summed E-state index contributed by atoms with van der Waals surface area (Å²) in [6, 6.07) is 74.3. The van der Waals surface area contributed by atoms with E-state index in [1.54, 1.807) is 0 Å². The predicted molar refractivity (Wildman–Crippen MR) is 248 cm³/mol. The minimum absolute atomic E-state index is 0.916. The van der Waals surface area contributed by atoms with E-state index in [1.165, 1.54) is 59.4 Å². The number of fused-ring (bicyclic) bond motifs is 8. The van der Waals surface area contributed by atoms with Gasteiger partial charge < -0.3 is 0 Å². The largest absolute Gasteiger partial charge is 0.299 e. The second kappa shape index (κ2) is 13.4. The van der Waals surface area contributed by atoms with E-state index in [9.17, 15) is 0 Å². The summed E-state index contributed by atoms with van der Waals surface area (Å²) in [6.07, 6.45) is 2.11. The van der Waals surface area contributed by atoms with Gasteiger partial charge in [-0.1, -0.05) is 164 Å². The Morgan fingerprint density at radius 1 is 0.305 bits per heavy atom. The summed E-state index contributed by atoms with van der Waals surface area (Å²) in [7, 11) is 0. The topological polar surface area (TPSA) is 30.2 Å². The van der Waals surface area contributed by atoms with Crippen LogP contribution < -0.4 is 0 Å². The molecular weight excluding hydrogens is 715 g/mol. The van der Waals surface area contributed by atoms with Gasteiger partial charge >= 0.3 is 0 Å². The van der Waals surface area contributed by atoms with Crippen LogP contribution in [-0.2, 0) is 0 Å². The molecule has 0 N–H and O–H groups in total. The molecule has 3 heterocycles. The van der Waals surface area contributed by atoms with E-state index in [1.807, 2.05) is 6.07 Å². The molecule has 12 aromatic rings. The first-order valence-electron chi connectivity index (χ1n) is 20.1. The maximum Gasteiger partial charge on any atom is 0.137 e. The van der Waals surface area contributed by atoms with Gasteiger partial charge in [-0.25, -0.2) is 9.97 Å². The van der Waals surface area contributed by atoms with Crippen molar-refractivity contribution in [1.29, 1.82) is 0 Å². The van der Waals surface area contributed by atoms with E-state index >= 15 is 0 Å². The van der Waals surface area contributed by atoms with E-state index in [2.05, 4.69) is 211 Å². The van der Waals surface area contributed by atoms with Crippen molar-refractivity contribution in [2.45, 2.75) is 0 Å². The van der Waals surface area contributed by atoms with E-state index < -0.39 is 0 Å². The Morgan fingerprint density at radius 3 is 1.54 bits per heavy atom. The number of aromatic nitrogens is 3. The SMILES string of the molecule is c1ccc2cc(-c3nc4ccccn4c3-c3ccc(-c4cc(-c5cc6ccccc6c6ccccc56)cc(-c5cc6ccccc6c6ccccc56)n4)cc3)ccc2c1. The fourth-order valence-electron chi connectivity index (χ4n) is 9.14. The lowest BCUT2D eigenvalue weighted by molar-refractivity contribution is 1.19. The molecule has 0 bridgehead atoms. The van der Waals surface area contributed by atoms with Crippen LogP contribution in [0.15, 0.2) is 212 Å². The van der Waals surface area contributed by atoms with Crippen LogP contribution >= 0.6 is 0 Å². The maximum atomic E-state index is 5.52. The van der Waals surface area contributed by atoms with Crippen LogP contribution in [0.4, 0.5) is 0 Å². The molecule has 3 heteroatoms. The number of pyridine rings is 2. The molecule has 59 heavy (non-hydrogen) atoms. The van der Waals surface area contributed by atoms with E-state index in [0.29, 0.717) is 0 Å². The second-order valence-corrected chi connectivity index (χ2v) is 15.4. The predicted octanol–water partition coefficient (Wildman–Crippen LogP) is 14.8. The van der Waals surface area contributed by atoms with E-state index in [-0.39, 0.29) is 0 Å². The average molecular weight is 750 g/mol. The minimum atomic E-state index is 0.916. The molecule has 274 valence electrons. The maximum absolute atomic E-state index is 5.52. The fraction of sp³-hybridized carbons (Fsp3) is 0. The molecule has 0 amide bonds. The normalized spacial score (nSPS) is 11.7. The number of benzene rings is 9. The van der Waals surface area contributed by atoms with Gasteiger partial charge in [-0.05, 0) is 107 Å². The Balaban J connectivity index is 1.07. The number of imidazole rings is 1. The minimum Gasteiger partial charge on any atom is -0.299 e. The highest BCUT2D eigenvalue weighted by Gasteiger charge is 2.19. The highest BCUT2D eigenvalue weighted by Crippen LogP contribution is 2.41. The van der Waals surface area contributed by atoms with Gasteiger partial charge in [0.25, 0.3) is 0 Å². The Bertz CT molecular complexity index is 3480. The van der Waals surface area contributed by atoms with Crippen molar-refractivity contribution < 1.29 is 0 Å². The van der Waals surface area contributed by atoms with Crippen molar-refractivity contribution in [3.8, 4) is 56.2 Å². The van der Waals surface area contributed by atoms with Crippen LogP contribution in [0.25, 0.3) is 116 Å². The zero-order valence-corrected chi connectivity index (χ0v) is 32.0. The number of hydrogen-bond acceptors (Lipinski definition) is 2. The summed E-state index contributed by atoms with van der Waals surface area (Å²) >= 11 is 0.